The van der Waals surface area contributed by atoms with Gasteiger partial charge in [-0.25, -0.2) is 0 Å². The SMILES string of the molecule is C=CC(=O)N1CCC[C@H]1CC(=O)OC. The molecule has 0 aromatic heterocycles. The molecule has 4 heteroatoms. The molecule has 14 heavy (non-hydrogen) atoms. The standard InChI is InChI=1S/C10H15NO3/c1-3-9(12)11-6-4-5-8(11)7-10(13)14-2/h3,8H,1,4-7H2,2H3/t8-/m0/s1. The van der Waals surface area contributed by atoms with E-state index in [0.717, 1.165) is 12.8 Å². The minimum absolute atomic E-state index is 0.00653. The molecular formula is C10H15NO3. The Hall–Kier alpha value is -1.32. The van der Waals surface area contributed by atoms with Crippen molar-refractivity contribution in [2.45, 2.75) is 25.3 Å². The number of hydrogen-bond donors (Lipinski definition) is 0. The van der Waals surface area contributed by atoms with E-state index in [2.05, 4.69) is 11.3 Å². The molecule has 0 aromatic rings. The van der Waals surface area contributed by atoms with Gasteiger partial charge in [0.05, 0.1) is 13.5 Å². The summed E-state index contributed by atoms with van der Waals surface area (Å²) >= 11 is 0. The van der Waals surface area contributed by atoms with Gasteiger partial charge in [-0.2, -0.15) is 0 Å². The molecule has 1 saturated heterocycles. The Labute approximate surface area is 83.5 Å². The highest BCUT2D eigenvalue weighted by Gasteiger charge is 2.29. The van der Waals surface area contributed by atoms with Crippen LogP contribution in [0.5, 0.6) is 0 Å². The summed E-state index contributed by atoms with van der Waals surface area (Å²) in [5.41, 5.74) is 0. The van der Waals surface area contributed by atoms with Crippen LogP contribution in [-0.2, 0) is 14.3 Å². The van der Waals surface area contributed by atoms with E-state index in [1.807, 2.05) is 0 Å². The molecule has 1 heterocycles. The number of methoxy groups -OCH3 is 1. The third-order valence-electron chi connectivity index (χ3n) is 2.46. The molecule has 0 bridgehead atoms. The molecule has 78 valence electrons. The number of nitrogens with zero attached hydrogens (tertiary/aromatic N) is 1. The number of carbonyl (C=O) groups excluding carboxylic acids is 2. The zero-order chi connectivity index (χ0) is 10.6. The highest BCUT2D eigenvalue weighted by Crippen LogP contribution is 2.20. The fourth-order valence-electron chi connectivity index (χ4n) is 1.73. The van der Waals surface area contributed by atoms with Crippen LogP contribution in [0, 0.1) is 0 Å². The summed E-state index contributed by atoms with van der Waals surface area (Å²) in [5.74, 6) is -0.366. The third kappa shape index (κ3) is 2.34. The van der Waals surface area contributed by atoms with Crippen LogP contribution >= 0.6 is 0 Å². The monoisotopic (exact) mass is 197 g/mol. The average Bonchev–Trinajstić information content (AvgIpc) is 2.64. The normalized spacial score (nSPS) is 20.6. The summed E-state index contributed by atoms with van der Waals surface area (Å²) in [5, 5.41) is 0. The van der Waals surface area contributed by atoms with Gasteiger partial charge < -0.3 is 9.64 Å². The second-order valence-corrected chi connectivity index (χ2v) is 3.31. The van der Waals surface area contributed by atoms with Crippen molar-refractivity contribution in [2.24, 2.45) is 0 Å². The molecule has 0 saturated carbocycles. The summed E-state index contributed by atoms with van der Waals surface area (Å²) in [6.07, 6.45) is 3.39. The van der Waals surface area contributed by atoms with Crippen molar-refractivity contribution in [3.63, 3.8) is 0 Å². The van der Waals surface area contributed by atoms with Gasteiger partial charge in [-0.1, -0.05) is 6.58 Å². The predicted octanol–water partition coefficient (Wildman–Crippen LogP) is 0.726. The zero-order valence-corrected chi connectivity index (χ0v) is 8.36. The Morgan fingerprint density at radius 3 is 2.93 bits per heavy atom. The van der Waals surface area contributed by atoms with Gasteiger partial charge in [0.1, 0.15) is 0 Å². The molecule has 1 atom stereocenters. The van der Waals surface area contributed by atoms with Crippen LogP contribution in [-0.4, -0.2) is 36.5 Å². The van der Waals surface area contributed by atoms with E-state index < -0.39 is 0 Å². The highest BCUT2D eigenvalue weighted by atomic mass is 16.5. The van der Waals surface area contributed by atoms with Crippen LogP contribution in [0.4, 0.5) is 0 Å². The number of amides is 1. The van der Waals surface area contributed by atoms with Crippen molar-refractivity contribution < 1.29 is 14.3 Å². The van der Waals surface area contributed by atoms with Gasteiger partial charge in [0, 0.05) is 12.6 Å². The fraction of sp³-hybridized carbons (Fsp3) is 0.600. The fourth-order valence-corrected chi connectivity index (χ4v) is 1.73. The van der Waals surface area contributed by atoms with Crippen LogP contribution in [0.2, 0.25) is 0 Å². The lowest BCUT2D eigenvalue weighted by molar-refractivity contribution is -0.142. The molecule has 0 N–H and O–H groups in total. The average molecular weight is 197 g/mol. The number of ether oxygens (including phenoxy) is 1. The number of likely N-dealkylation sites (tertiary alicyclic amines) is 1. The largest absolute Gasteiger partial charge is 0.469 e. The lowest BCUT2D eigenvalue weighted by atomic mass is 10.1. The maximum atomic E-state index is 11.4. The first-order chi connectivity index (χ1) is 6.69. The molecule has 1 aliphatic rings. The predicted molar refractivity (Wildman–Crippen MR) is 51.6 cm³/mol. The second-order valence-electron chi connectivity index (χ2n) is 3.31. The molecule has 0 aromatic carbocycles. The molecular weight excluding hydrogens is 182 g/mol. The Morgan fingerprint density at radius 2 is 2.36 bits per heavy atom. The van der Waals surface area contributed by atoms with E-state index in [1.54, 1.807) is 4.90 Å². The Bertz CT molecular complexity index is 250. The van der Waals surface area contributed by atoms with Gasteiger partial charge in [0.15, 0.2) is 0 Å². The number of hydrogen-bond acceptors (Lipinski definition) is 3. The zero-order valence-electron chi connectivity index (χ0n) is 8.36. The van der Waals surface area contributed by atoms with E-state index in [9.17, 15) is 9.59 Å². The molecule has 0 unspecified atom stereocenters. The molecule has 0 aliphatic carbocycles. The molecule has 4 nitrogen and oxygen atoms in total. The van der Waals surface area contributed by atoms with Gasteiger partial charge in [0.25, 0.3) is 0 Å². The highest BCUT2D eigenvalue weighted by molar-refractivity contribution is 5.87. The number of rotatable bonds is 3. The summed E-state index contributed by atoms with van der Waals surface area (Å²) in [7, 11) is 1.36. The van der Waals surface area contributed by atoms with Gasteiger partial charge in [0.2, 0.25) is 5.91 Å². The van der Waals surface area contributed by atoms with Gasteiger partial charge >= 0.3 is 5.97 Å². The van der Waals surface area contributed by atoms with Crippen molar-refractivity contribution >= 4 is 11.9 Å². The van der Waals surface area contributed by atoms with Gasteiger partial charge in [-0.05, 0) is 18.9 Å². The molecule has 1 rings (SSSR count). The van der Waals surface area contributed by atoms with E-state index in [0.29, 0.717) is 6.54 Å². The van der Waals surface area contributed by atoms with E-state index >= 15 is 0 Å². The second kappa shape index (κ2) is 4.79. The topological polar surface area (TPSA) is 46.6 Å². The summed E-state index contributed by atoms with van der Waals surface area (Å²) in [6.45, 7) is 4.15. The quantitative estimate of drug-likeness (QED) is 0.495. The van der Waals surface area contributed by atoms with Crippen molar-refractivity contribution in [3.8, 4) is 0 Å². The van der Waals surface area contributed by atoms with Gasteiger partial charge in [-0.3, -0.25) is 9.59 Å². The lowest BCUT2D eigenvalue weighted by Crippen LogP contribution is -2.35. The number of esters is 1. The maximum Gasteiger partial charge on any atom is 0.307 e. The Balaban J connectivity index is 2.55. The first-order valence-corrected chi connectivity index (χ1v) is 4.69. The van der Waals surface area contributed by atoms with Crippen molar-refractivity contribution in [3.05, 3.63) is 12.7 Å². The summed E-state index contributed by atoms with van der Waals surface area (Å²) < 4.78 is 4.57. The smallest absolute Gasteiger partial charge is 0.307 e. The van der Waals surface area contributed by atoms with E-state index in [4.69, 9.17) is 0 Å². The van der Waals surface area contributed by atoms with Crippen molar-refractivity contribution in [2.75, 3.05) is 13.7 Å². The van der Waals surface area contributed by atoms with Crippen LogP contribution in [0.15, 0.2) is 12.7 Å². The molecule has 1 aliphatic heterocycles. The lowest BCUT2D eigenvalue weighted by Gasteiger charge is -2.22. The minimum Gasteiger partial charge on any atom is -0.469 e. The Morgan fingerprint density at radius 1 is 1.64 bits per heavy atom. The minimum atomic E-state index is -0.265. The van der Waals surface area contributed by atoms with E-state index in [-0.39, 0.29) is 24.3 Å². The first kappa shape index (κ1) is 10.8. The van der Waals surface area contributed by atoms with Crippen molar-refractivity contribution in [1.82, 2.24) is 4.90 Å². The van der Waals surface area contributed by atoms with Crippen LogP contribution in [0.3, 0.4) is 0 Å². The third-order valence-corrected chi connectivity index (χ3v) is 2.46. The first-order valence-electron chi connectivity index (χ1n) is 4.69. The Kier molecular flexibility index (Phi) is 3.68. The maximum absolute atomic E-state index is 11.4. The molecule has 1 amide bonds. The molecule has 0 spiro atoms. The van der Waals surface area contributed by atoms with E-state index in [1.165, 1.54) is 13.2 Å². The van der Waals surface area contributed by atoms with Crippen molar-refractivity contribution in [1.29, 1.82) is 0 Å². The van der Waals surface area contributed by atoms with Crippen LogP contribution in [0.25, 0.3) is 0 Å². The summed E-state index contributed by atoms with van der Waals surface area (Å²) in [4.78, 5) is 24.1. The van der Waals surface area contributed by atoms with Crippen LogP contribution < -0.4 is 0 Å². The number of carbonyl (C=O) groups is 2. The molecule has 1 fully saturated rings. The van der Waals surface area contributed by atoms with Gasteiger partial charge in [-0.15, -0.1) is 0 Å². The molecule has 0 radical (unpaired) electrons. The van der Waals surface area contributed by atoms with Crippen LogP contribution in [0.1, 0.15) is 19.3 Å². The summed E-state index contributed by atoms with van der Waals surface area (Å²) in [6, 6.07) is -0.00653.